The van der Waals surface area contributed by atoms with Crippen LogP contribution >= 0.6 is 11.6 Å². The first kappa shape index (κ1) is 38.1. The summed E-state index contributed by atoms with van der Waals surface area (Å²) in [6.45, 7) is 8.99. The highest BCUT2D eigenvalue weighted by molar-refractivity contribution is 6.35. The SMILES string of the molecule is COc1nc(N2CCN(c3cc(F)c(C4CCC(=O)NC4=O)c(F)c3)CC2)ccc1CN1CCC(c2ccc3c(c2)-n2c(nc(=O)c4c(Cl)cccc42)C3(C)C)CC1. The van der Waals surface area contributed by atoms with Gasteiger partial charge in [0.05, 0.1) is 40.1 Å². The summed E-state index contributed by atoms with van der Waals surface area (Å²) in [5.41, 5.74) is 4.65. The minimum atomic E-state index is -1.03. The predicted octanol–water partition coefficient (Wildman–Crippen LogP) is 6.59. The zero-order chi connectivity index (χ0) is 40.5. The second-order valence-electron chi connectivity index (χ2n) is 16.3. The molecule has 4 aliphatic heterocycles. The van der Waals surface area contributed by atoms with Gasteiger partial charge in [-0.25, -0.2) is 8.78 Å². The number of amides is 2. The smallest absolute Gasteiger partial charge is 0.282 e. The van der Waals surface area contributed by atoms with Gasteiger partial charge in [-0.15, -0.1) is 0 Å². The molecule has 3 saturated heterocycles. The van der Waals surface area contributed by atoms with Crippen molar-refractivity contribution in [2.75, 3.05) is 56.2 Å². The number of hydrogen-bond donors (Lipinski definition) is 1. The first-order chi connectivity index (χ1) is 27.9. The van der Waals surface area contributed by atoms with E-state index in [4.69, 9.17) is 21.3 Å². The second kappa shape index (κ2) is 14.8. The molecule has 1 N–H and O–H groups in total. The Morgan fingerprint density at radius 1 is 0.879 bits per heavy atom. The van der Waals surface area contributed by atoms with Crippen LogP contribution in [0.2, 0.25) is 5.02 Å². The topological polar surface area (TPSA) is 113 Å². The molecule has 1 unspecified atom stereocenters. The molecular weight excluding hydrogens is 764 g/mol. The van der Waals surface area contributed by atoms with Gasteiger partial charge in [-0.05, 0) is 106 Å². The molecule has 2 aromatic heterocycles. The maximum absolute atomic E-state index is 15.2. The number of nitrogens with zero attached hydrogens (tertiary/aromatic N) is 6. The Balaban J connectivity index is 0.839. The molecule has 3 fully saturated rings. The molecule has 14 heteroatoms. The molecule has 2 amide bonds. The summed E-state index contributed by atoms with van der Waals surface area (Å²) in [7, 11) is 1.64. The van der Waals surface area contributed by atoms with Crippen molar-refractivity contribution in [3.63, 3.8) is 0 Å². The second-order valence-corrected chi connectivity index (χ2v) is 16.7. The molecule has 5 aromatic rings. The van der Waals surface area contributed by atoms with Gasteiger partial charge in [0.25, 0.3) is 5.56 Å². The molecule has 58 heavy (non-hydrogen) atoms. The zero-order valence-electron chi connectivity index (χ0n) is 32.7. The molecule has 6 heterocycles. The van der Waals surface area contributed by atoms with Crippen LogP contribution in [0.4, 0.5) is 20.3 Å². The highest BCUT2D eigenvalue weighted by atomic mass is 35.5. The number of aromatic nitrogens is 3. The van der Waals surface area contributed by atoms with E-state index in [0.717, 1.165) is 59.9 Å². The average molecular weight is 808 g/mol. The van der Waals surface area contributed by atoms with Gasteiger partial charge < -0.3 is 14.5 Å². The summed E-state index contributed by atoms with van der Waals surface area (Å²) in [6.07, 6.45) is 2.11. The first-order valence-corrected chi connectivity index (χ1v) is 20.2. The van der Waals surface area contributed by atoms with Crippen LogP contribution in [-0.4, -0.2) is 77.6 Å². The summed E-state index contributed by atoms with van der Waals surface area (Å²) < 4.78 is 38.4. The standard InChI is InChI=1S/C44H44ClF2N7O4/c1-44(2)30-10-7-26(21-35(30)54-34-6-4-5-31(45)39(34)41(57)50-43(44)54)25-13-15-51(16-14-25)24-27-8-11-36(48-42(27)58-3)53-19-17-52(18-20-53)28-22-32(46)38(33(47)23-28)29-9-12-37(55)49-40(29)56/h4-8,10-11,21-23,25,29H,9,12-20,24H2,1-3H3,(H,49,55,56). The lowest BCUT2D eigenvalue weighted by atomic mass is 9.83. The first-order valence-electron chi connectivity index (χ1n) is 19.9. The molecule has 0 spiro atoms. The van der Waals surface area contributed by atoms with E-state index in [0.29, 0.717) is 60.6 Å². The number of ether oxygens (including phenoxy) is 1. The fraction of sp³-hybridized carbons (Fsp3) is 0.386. The Bertz CT molecular complexity index is 2520. The number of anilines is 2. The van der Waals surface area contributed by atoms with Gasteiger partial charge in [0.2, 0.25) is 17.7 Å². The number of halogens is 3. The highest BCUT2D eigenvalue weighted by Gasteiger charge is 2.39. The van der Waals surface area contributed by atoms with Crippen molar-refractivity contribution in [2.45, 2.75) is 63.3 Å². The van der Waals surface area contributed by atoms with E-state index in [1.165, 1.54) is 17.7 Å². The summed E-state index contributed by atoms with van der Waals surface area (Å²) >= 11 is 6.50. The number of carbonyl (C=O) groups is 2. The molecule has 4 aliphatic rings. The average Bonchev–Trinajstić information content (AvgIpc) is 3.43. The molecule has 300 valence electrons. The van der Waals surface area contributed by atoms with Crippen molar-refractivity contribution in [3.05, 3.63) is 116 Å². The highest BCUT2D eigenvalue weighted by Crippen LogP contribution is 2.45. The molecule has 0 bridgehead atoms. The lowest BCUT2D eigenvalue weighted by Gasteiger charge is -2.37. The maximum atomic E-state index is 15.2. The summed E-state index contributed by atoms with van der Waals surface area (Å²) in [5, 5.41) is 3.03. The van der Waals surface area contributed by atoms with E-state index in [9.17, 15) is 14.4 Å². The Hall–Kier alpha value is -5.40. The van der Waals surface area contributed by atoms with Crippen LogP contribution in [0.1, 0.15) is 79.4 Å². The van der Waals surface area contributed by atoms with Crippen LogP contribution in [-0.2, 0) is 21.5 Å². The number of carbonyl (C=O) groups excluding carboxylic acids is 2. The Morgan fingerprint density at radius 2 is 1.60 bits per heavy atom. The van der Waals surface area contributed by atoms with Crippen LogP contribution in [0.15, 0.2) is 65.5 Å². The molecule has 1 atom stereocenters. The zero-order valence-corrected chi connectivity index (χ0v) is 33.4. The van der Waals surface area contributed by atoms with E-state index in [-0.39, 0.29) is 24.0 Å². The fourth-order valence-electron chi connectivity index (χ4n) is 9.37. The van der Waals surface area contributed by atoms with Gasteiger partial charge in [-0.3, -0.25) is 29.2 Å². The monoisotopic (exact) mass is 807 g/mol. The molecule has 0 saturated carbocycles. The summed E-state index contributed by atoms with van der Waals surface area (Å²) in [6, 6.07) is 18.9. The molecule has 11 nitrogen and oxygen atoms in total. The number of rotatable bonds is 7. The molecule has 0 radical (unpaired) electrons. The van der Waals surface area contributed by atoms with Crippen molar-refractivity contribution in [1.29, 1.82) is 0 Å². The van der Waals surface area contributed by atoms with Crippen LogP contribution in [0, 0.1) is 11.6 Å². The molecular formula is C44H44ClF2N7O4. The summed E-state index contributed by atoms with van der Waals surface area (Å²) in [5.74, 6) is -1.23. The van der Waals surface area contributed by atoms with E-state index in [2.05, 4.69) is 62.8 Å². The third kappa shape index (κ3) is 6.57. The van der Waals surface area contributed by atoms with Crippen molar-refractivity contribution in [2.24, 2.45) is 0 Å². The van der Waals surface area contributed by atoms with Crippen molar-refractivity contribution in [3.8, 4) is 11.6 Å². The van der Waals surface area contributed by atoms with Crippen molar-refractivity contribution in [1.82, 2.24) is 24.8 Å². The maximum Gasteiger partial charge on any atom is 0.282 e. The largest absolute Gasteiger partial charge is 0.481 e. The summed E-state index contributed by atoms with van der Waals surface area (Å²) in [4.78, 5) is 52.8. The predicted molar refractivity (Wildman–Crippen MR) is 218 cm³/mol. The third-order valence-corrected chi connectivity index (χ3v) is 12.9. The van der Waals surface area contributed by atoms with E-state index >= 15 is 8.78 Å². The van der Waals surface area contributed by atoms with Crippen molar-refractivity contribution < 1.29 is 23.1 Å². The number of hydrogen-bond acceptors (Lipinski definition) is 9. The van der Waals surface area contributed by atoms with Crippen LogP contribution < -0.4 is 25.4 Å². The van der Waals surface area contributed by atoms with Gasteiger partial charge >= 0.3 is 0 Å². The van der Waals surface area contributed by atoms with Gasteiger partial charge in [-0.1, -0.05) is 29.8 Å². The minimum absolute atomic E-state index is 0.0451. The number of benzene rings is 3. The fourth-order valence-corrected chi connectivity index (χ4v) is 9.62. The van der Waals surface area contributed by atoms with E-state index in [1.807, 2.05) is 23.1 Å². The lowest BCUT2D eigenvalue weighted by molar-refractivity contribution is -0.134. The minimum Gasteiger partial charge on any atom is -0.481 e. The Morgan fingerprint density at radius 3 is 2.31 bits per heavy atom. The van der Waals surface area contributed by atoms with Crippen molar-refractivity contribution >= 4 is 45.8 Å². The van der Waals surface area contributed by atoms with Crippen LogP contribution in [0.3, 0.4) is 0 Å². The van der Waals surface area contributed by atoms with Gasteiger partial charge in [-0.2, -0.15) is 9.97 Å². The molecule has 3 aromatic carbocycles. The van der Waals surface area contributed by atoms with Gasteiger partial charge in [0.1, 0.15) is 23.3 Å². The number of imide groups is 1. The molecule has 0 aliphatic carbocycles. The quantitative estimate of drug-likeness (QED) is 0.182. The van der Waals surface area contributed by atoms with E-state index < -0.39 is 34.8 Å². The number of piperidine rings is 2. The number of piperazine rings is 1. The molecule has 9 rings (SSSR count). The number of pyridine rings is 1. The normalized spacial score (nSPS) is 19.7. The Labute approximate surface area is 339 Å². The van der Waals surface area contributed by atoms with Crippen LogP contribution in [0.5, 0.6) is 5.88 Å². The number of nitrogens with one attached hydrogen (secondary N) is 1. The van der Waals surface area contributed by atoms with E-state index in [1.54, 1.807) is 13.2 Å². The number of methoxy groups -OCH3 is 1. The third-order valence-electron chi connectivity index (χ3n) is 12.6. The van der Waals surface area contributed by atoms with Gasteiger partial charge in [0.15, 0.2) is 0 Å². The number of fused-ring (bicyclic) bond motifs is 5. The Kier molecular flexibility index (Phi) is 9.71. The van der Waals surface area contributed by atoms with Crippen LogP contribution in [0.25, 0.3) is 16.6 Å². The number of likely N-dealkylation sites (tertiary alicyclic amines) is 1. The lowest BCUT2D eigenvalue weighted by Crippen LogP contribution is -2.47. The van der Waals surface area contributed by atoms with Gasteiger partial charge in [0, 0.05) is 56.0 Å².